The molecule has 0 saturated carbocycles. The number of hydrogen-bond donors (Lipinski definition) is 2. The van der Waals surface area contributed by atoms with Crippen LogP contribution in [0.2, 0.25) is 0 Å². The Labute approximate surface area is 117 Å². The van der Waals surface area contributed by atoms with Gasteiger partial charge in [-0.2, -0.15) is 0 Å². The van der Waals surface area contributed by atoms with Crippen LogP contribution in [-0.4, -0.2) is 35.1 Å². The van der Waals surface area contributed by atoms with E-state index in [0.717, 1.165) is 24.9 Å². The predicted octanol–water partition coefficient (Wildman–Crippen LogP) is 2.11. The van der Waals surface area contributed by atoms with Crippen molar-refractivity contribution in [3.63, 3.8) is 0 Å². The largest absolute Gasteiger partial charge is 0.481 e. The summed E-state index contributed by atoms with van der Waals surface area (Å²) in [6, 6.07) is 5.82. The topological polar surface area (TPSA) is 69.6 Å². The van der Waals surface area contributed by atoms with Gasteiger partial charge in [0.1, 0.15) is 0 Å². The van der Waals surface area contributed by atoms with E-state index in [1.165, 1.54) is 17.5 Å². The van der Waals surface area contributed by atoms with E-state index in [-0.39, 0.29) is 6.03 Å². The van der Waals surface area contributed by atoms with Gasteiger partial charge < -0.3 is 15.3 Å². The first kappa shape index (κ1) is 13.0. The van der Waals surface area contributed by atoms with Crippen LogP contribution in [0.1, 0.15) is 24.0 Å². The van der Waals surface area contributed by atoms with Crippen LogP contribution in [0.25, 0.3) is 0 Å². The summed E-state index contributed by atoms with van der Waals surface area (Å²) in [5.74, 6) is -1.24. The number of aryl methyl sites for hydroxylation is 1. The van der Waals surface area contributed by atoms with E-state index in [9.17, 15) is 9.59 Å². The SMILES string of the molecule is O=C(O)C1CN(C(=O)Nc2cccc3c2CCCC3)C1. The molecule has 2 amide bonds. The molecular formula is C15H18N2O3. The molecule has 1 aromatic rings. The molecule has 1 saturated heterocycles. The maximum Gasteiger partial charge on any atom is 0.321 e. The summed E-state index contributed by atoms with van der Waals surface area (Å²) in [4.78, 5) is 24.4. The number of carbonyl (C=O) groups is 2. The molecule has 1 aliphatic heterocycles. The average Bonchev–Trinajstić information content (AvgIpc) is 2.37. The van der Waals surface area contributed by atoms with Crippen molar-refractivity contribution in [3.8, 4) is 0 Å². The Morgan fingerprint density at radius 2 is 1.95 bits per heavy atom. The van der Waals surface area contributed by atoms with Crippen LogP contribution < -0.4 is 5.32 Å². The van der Waals surface area contributed by atoms with Crippen LogP contribution in [0.3, 0.4) is 0 Å². The molecule has 20 heavy (non-hydrogen) atoms. The molecule has 0 bridgehead atoms. The van der Waals surface area contributed by atoms with Crippen molar-refractivity contribution in [1.29, 1.82) is 0 Å². The molecular weight excluding hydrogens is 256 g/mol. The fourth-order valence-electron chi connectivity index (χ4n) is 2.89. The number of benzene rings is 1. The summed E-state index contributed by atoms with van der Waals surface area (Å²) >= 11 is 0. The van der Waals surface area contributed by atoms with Crippen molar-refractivity contribution in [1.82, 2.24) is 4.90 Å². The quantitative estimate of drug-likeness (QED) is 0.867. The van der Waals surface area contributed by atoms with Gasteiger partial charge in [-0.1, -0.05) is 12.1 Å². The fraction of sp³-hybridized carbons (Fsp3) is 0.467. The smallest absolute Gasteiger partial charge is 0.321 e. The number of rotatable bonds is 2. The molecule has 1 aliphatic carbocycles. The summed E-state index contributed by atoms with van der Waals surface area (Å²) in [6.07, 6.45) is 4.44. The lowest BCUT2D eigenvalue weighted by atomic mass is 9.90. The summed E-state index contributed by atoms with van der Waals surface area (Å²) < 4.78 is 0. The molecule has 2 N–H and O–H groups in total. The number of amides is 2. The normalized spacial score (nSPS) is 18.1. The van der Waals surface area contributed by atoms with Gasteiger partial charge in [-0.15, -0.1) is 0 Å². The summed E-state index contributed by atoms with van der Waals surface area (Å²) in [5, 5.41) is 11.7. The van der Waals surface area contributed by atoms with Gasteiger partial charge in [0.2, 0.25) is 0 Å². The van der Waals surface area contributed by atoms with E-state index in [1.807, 2.05) is 12.1 Å². The highest BCUT2D eigenvalue weighted by molar-refractivity contribution is 5.92. The molecule has 2 aliphatic rings. The number of carboxylic acids is 1. The summed E-state index contributed by atoms with van der Waals surface area (Å²) in [5.41, 5.74) is 3.44. The zero-order valence-corrected chi connectivity index (χ0v) is 11.3. The number of nitrogens with one attached hydrogen (secondary N) is 1. The van der Waals surface area contributed by atoms with Crippen molar-refractivity contribution < 1.29 is 14.7 Å². The second-order valence-corrected chi connectivity index (χ2v) is 5.52. The Morgan fingerprint density at radius 3 is 2.70 bits per heavy atom. The van der Waals surface area contributed by atoms with Crippen LogP contribution in [0, 0.1) is 5.92 Å². The van der Waals surface area contributed by atoms with Crippen molar-refractivity contribution >= 4 is 17.7 Å². The molecule has 1 aromatic carbocycles. The molecule has 0 aromatic heterocycles. The van der Waals surface area contributed by atoms with Gasteiger partial charge in [0.05, 0.1) is 5.92 Å². The maximum atomic E-state index is 12.1. The molecule has 5 heteroatoms. The van der Waals surface area contributed by atoms with Gasteiger partial charge >= 0.3 is 12.0 Å². The van der Waals surface area contributed by atoms with Crippen molar-refractivity contribution in [3.05, 3.63) is 29.3 Å². The zero-order valence-electron chi connectivity index (χ0n) is 11.3. The van der Waals surface area contributed by atoms with Crippen LogP contribution in [0.5, 0.6) is 0 Å². The first-order chi connectivity index (χ1) is 9.65. The third-order valence-corrected chi connectivity index (χ3v) is 4.16. The summed E-state index contributed by atoms with van der Waals surface area (Å²) in [6.45, 7) is 0.604. The fourth-order valence-corrected chi connectivity index (χ4v) is 2.89. The third kappa shape index (κ3) is 2.35. The molecule has 1 heterocycles. The van der Waals surface area contributed by atoms with Crippen LogP contribution >= 0.6 is 0 Å². The molecule has 0 unspecified atom stereocenters. The summed E-state index contributed by atoms with van der Waals surface area (Å²) in [7, 11) is 0. The second-order valence-electron chi connectivity index (χ2n) is 5.52. The standard InChI is InChI=1S/C15H18N2O3/c18-14(19)11-8-17(9-11)15(20)16-13-7-3-5-10-4-1-2-6-12(10)13/h3,5,7,11H,1-2,4,6,8-9H2,(H,16,20)(H,18,19). The van der Waals surface area contributed by atoms with Gasteiger partial charge in [0, 0.05) is 18.8 Å². The van der Waals surface area contributed by atoms with Crippen LogP contribution in [0.15, 0.2) is 18.2 Å². The van der Waals surface area contributed by atoms with Crippen LogP contribution in [-0.2, 0) is 17.6 Å². The number of carboxylic acid groups (broad SMARTS) is 1. The van der Waals surface area contributed by atoms with E-state index in [0.29, 0.717) is 13.1 Å². The molecule has 3 rings (SSSR count). The lowest BCUT2D eigenvalue weighted by Gasteiger charge is -2.36. The van der Waals surface area contributed by atoms with Gasteiger partial charge in [-0.05, 0) is 42.9 Å². The highest BCUT2D eigenvalue weighted by atomic mass is 16.4. The number of aliphatic carboxylic acids is 1. The van der Waals surface area contributed by atoms with E-state index in [1.54, 1.807) is 4.90 Å². The molecule has 1 fully saturated rings. The minimum absolute atomic E-state index is 0.193. The second kappa shape index (κ2) is 5.15. The number of hydrogen-bond acceptors (Lipinski definition) is 2. The minimum atomic E-state index is -0.828. The zero-order chi connectivity index (χ0) is 14.1. The Kier molecular flexibility index (Phi) is 3.34. The minimum Gasteiger partial charge on any atom is -0.481 e. The van der Waals surface area contributed by atoms with E-state index >= 15 is 0 Å². The van der Waals surface area contributed by atoms with Gasteiger partial charge in [-0.25, -0.2) is 4.79 Å². The lowest BCUT2D eigenvalue weighted by Crippen LogP contribution is -2.54. The molecule has 106 valence electrons. The van der Waals surface area contributed by atoms with E-state index in [4.69, 9.17) is 5.11 Å². The highest BCUT2D eigenvalue weighted by Gasteiger charge is 2.35. The van der Waals surface area contributed by atoms with Crippen LogP contribution in [0.4, 0.5) is 10.5 Å². The van der Waals surface area contributed by atoms with Crippen molar-refractivity contribution in [2.45, 2.75) is 25.7 Å². The first-order valence-corrected chi connectivity index (χ1v) is 7.04. The van der Waals surface area contributed by atoms with E-state index in [2.05, 4.69) is 11.4 Å². The molecule has 5 nitrogen and oxygen atoms in total. The number of fused-ring (bicyclic) bond motifs is 1. The predicted molar refractivity (Wildman–Crippen MR) is 74.8 cm³/mol. The Morgan fingerprint density at radius 1 is 1.20 bits per heavy atom. The maximum absolute atomic E-state index is 12.1. The number of likely N-dealkylation sites (tertiary alicyclic amines) is 1. The lowest BCUT2D eigenvalue weighted by molar-refractivity contribution is -0.145. The molecule has 0 spiro atoms. The monoisotopic (exact) mass is 274 g/mol. The number of nitrogens with zero attached hydrogens (tertiary/aromatic N) is 1. The number of anilines is 1. The molecule has 0 atom stereocenters. The Bertz CT molecular complexity index is 550. The van der Waals surface area contributed by atoms with E-state index < -0.39 is 11.9 Å². The van der Waals surface area contributed by atoms with Crippen molar-refractivity contribution in [2.75, 3.05) is 18.4 Å². The van der Waals surface area contributed by atoms with Gasteiger partial charge in [-0.3, -0.25) is 4.79 Å². The number of carbonyl (C=O) groups excluding carboxylic acids is 1. The first-order valence-electron chi connectivity index (χ1n) is 7.04. The molecule has 0 radical (unpaired) electrons. The Balaban J connectivity index is 1.67. The van der Waals surface area contributed by atoms with Gasteiger partial charge in [0.25, 0.3) is 0 Å². The average molecular weight is 274 g/mol. The highest BCUT2D eigenvalue weighted by Crippen LogP contribution is 2.28. The van der Waals surface area contributed by atoms with Gasteiger partial charge in [0.15, 0.2) is 0 Å². The third-order valence-electron chi connectivity index (χ3n) is 4.16. The van der Waals surface area contributed by atoms with Crippen molar-refractivity contribution in [2.24, 2.45) is 5.92 Å². The number of urea groups is 1. The Hall–Kier alpha value is -2.04.